The first-order valence-electron chi connectivity index (χ1n) is 11.7. The number of carbonyl (C=O) groups excluding carboxylic acids is 3. The zero-order valence-electron chi connectivity index (χ0n) is 20.2. The molecule has 1 saturated heterocycles. The molecule has 1 fully saturated rings. The van der Waals surface area contributed by atoms with Gasteiger partial charge in [0.05, 0.1) is 5.92 Å². The minimum absolute atomic E-state index is 0.108. The second-order valence-corrected chi connectivity index (χ2v) is 9.32. The Labute approximate surface area is 215 Å². The van der Waals surface area contributed by atoms with Crippen molar-refractivity contribution in [3.63, 3.8) is 0 Å². The van der Waals surface area contributed by atoms with E-state index in [0.29, 0.717) is 29.5 Å². The number of ether oxygens (including phenoxy) is 1. The molecule has 3 aromatic rings. The third-order valence-corrected chi connectivity index (χ3v) is 6.44. The van der Waals surface area contributed by atoms with E-state index in [9.17, 15) is 14.4 Å². The summed E-state index contributed by atoms with van der Waals surface area (Å²) >= 11 is 5.89. The molecule has 0 saturated carbocycles. The Morgan fingerprint density at radius 1 is 1.00 bits per heavy atom. The molecule has 0 aromatic heterocycles. The largest absolute Gasteiger partial charge is 0.484 e. The summed E-state index contributed by atoms with van der Waals surface area (Å²) in [5.74, 6) is -0.434. The Morgan fingerprint density at radius 3 is 2.42 bits per heavy atom. The number of amides is 3. The van der Waals surface area contributed by atoms with Gasteiger partial charge in [0.15, 0.2) is 6.61 Å². The van der Waals surface area contributed by atoms with Gasteiger partial charge in [-0.25, -0.2) is 0 Å². The van der Waals surface area contributed by atoms with Crippen LogP contribution in [0.15, 0.2) is 66.7 Å². The molecule has 3 amide bonds. The highest BCUT2D eigenvalue weighted by Crippen LogP contribution is 2.27. The lowest BCUT2D eigenvalue weighted by molar-refractivity contribution is -0.126. The van der Waals surface area contributed by atoms with Gasteiger partial charge in [-0.1, -0.05) is 29.8 Å². The zero-order chi connectivity index (χ0) is 25.7. The summed E-state index contributed by atoms with van der Waals surface area (Å²) in [6.45, 7) is 4.56. The number of halogens is 1. The van der Waals surface area contributed by atoms with Crippen LogP contribution in [-0.2, 0) is 20.9 Å². The van der Waals surface area contributed by atoms with Crippen molar-refractivity contribution in [3.8, 4) is 5.75 Å². The van der Waals surface area contributed by atoms with Crippen LogP contribution in [0.4, 0.5) is 11.4 Å². The Morgan fingerprint density at radius 2 is 1.72 bits per heavy atom. The summed E-state index contributed by atoms with van der Waals surface area (Å²) in [5.41, 5.74) is 4.60. The van der Waals surface area contributed by atoms with E-state index < -0.39 is 5.92 Å². The van der Waals surface area contributed by atoms with E-state index in [2.05, 4.69) is 10.6 Å². The molecular formula is C28H28ClN3O4. The second-order valence-electron chi connectivity index (χ2n) is 8.88. The molecule has 1 aliphatic heterocycles. The van der Waals surface area contributed by atoms with Gasteiger partial charge in [-0.2, -0.15) is 0 Å². The van der Waals surface area contributed by atoms with E-state index in [1.54, 1.807) is 41.3 Å². The summed E-state index contributed by atoms with van der Waals surface area (Å²) in [7, 11) is 0. The number of aryl methyl sites for hydroxylation is 2. The molecule has 1 atom stereocenters. The molecule has 0 radical (unpaired) electrons. The minimum Gasteiger partial charge on any atom is -0.484 e. The fraction of sp³-hybridized carbons (Fsp3) is 0.250. The van der Waals surface area contributed by atoms with Gasteiger partial charge in [0.2, 0.25) is 11.8 Å². The number of rotatable bonds is 8. The zero-order valence-corrected chi connectivity index (χ0v) is 21.0. The molecule has 0 bridgehead atoms. The maximum atomic E-state index is 12.6. The standard InChI is InChI=1S/C28H28ClN3O4/c1-18-3-8-23(13-19(18)2)31-26(33)17-36-25-11-9-24(10-12-25)32-16-21(14-27(32)34)28(35)30-15-20-4-6-22(29)7-5-20/h3-13,21H,14-17H2,1-2H3,(H,30,35)(H,31,33)/t21-/m0/s1. The van der Waals surface area contributed by atoms with Gasteiger partial charge in [-0.15, -0.1) is 0 Å². The van der Waals surface area contributed by atoms with Crippen molar-refractivity contribution in [1.29, 1.82) is 0 Å². The van der Waals surface area contributed by atoms with E-state index in [4.69, 9.17) is 16.3 Å². The van der Waals surface area contributed by atoms with Gasteiger partial charge in [-0.3, -0.25) is 14.4 Å². The maximum Gasteiger partial charge on any atom is 0.262 e. The highest BCUT2D eigenvalue weighted by molar-refractivity contribution is 6.30. The average molecular weight is 506 g/mol. The van der Waals surface area contributed by atoms with E-state index in [-0.39, 0.29) is 30.7 Å². The predicted molar refractivity (Wildman–Crippen MR) is 140 cm³/mol. The molecule has 4 rings (SSSR count). The lowest BCUT2D eigenvalue weighted by Crippen LogP contribution is -2.32. The molecule has 0 spiro atoms. The van der Waals surface area contributed by atoms with Crippen molar-refractivity contribution in [2.24, 2.45) is 5.92 Å². The van der Waals surface area contributed by atoms with Crippen molar-refractivity contribution in [2.45, 2.75) is 26.8 Å². The van der Waals surface area contributed by atoms with Gasteiger partial charge >= 0.3 is 0 Å². The van der Waals surface area contributed by atoms with Crippen molar-refractivity contribution in [2.75, 3.05) is 23.4 Å². The first kappa shape index (κ1) is 25.3. The number of nitrogens with zero attached hydrogens (tertiary/aromatic N) is 1. The molecule has 3 aromatic carbocycles. The SMILES string of the molecule is Cc1ccc(NC(=O)COc2ccc(N3C[C@@H](C(=O)NCc4ccc(Cl)cc4)CC3=O)cc2)cc1C. The lowest BCUT2D eigenvalue weighted by atomic mass is 10.1. The molecule has 7 nitrogen and oxygen atoms in total. The third kappa shape index (κ3) is 6.43. The van der Waals surface area contributed by atoms with Crippen LogP contribution in [0, 0.1) is 19.8 Å². The molecule has 0 aliphatic carbocycles. The number of hydrogen-bond donors (Lipinski definition) is 2. The van der Waals surface area contributed by atoms with Crippen LogP contribution in [-0.4, -0.2) is 30.9 Å². The molecule has 186 valence electrons. The summed E-state index contributed by atoms with van der Waals surface area (Å²) in [6.07, 6.45) is 0.156. The van der Waals surface area contributed by atoms with E-state index in [1.165, 1.54) is 0 Å². The van der Waals surface area contributed by atoms with Crippen LogP contribution in [0.5, 0.6) is 5.75 Å². The fourth-order valence-electron chi connectivity index (χ4n) is 3.96. The normalized spacial score (nSPS) is 15.0. The number of nitrogens with one attached hydrogen (secondary N) is 2. The van der Waals surface area contributed by atoms with Crippen LogP contribution < -0.4 is 20.3 Å². The topological polar surface area (TPSA) is 87.7 Å². The van der Waals surface area contributed by atoms with Gasteiger partial charge in [-0.05, 0) is 79.1 Å². The second kappa shape index (κ2) is 11.3. The summed E-state index contributed by atoms with van der Waals surface area (Å²) < 4.78 is 5.59. The van der Waals surface area contributed by atoms with Crippen molar-refractivity contribution < 1.29 is 19.1 Å². The number of benzene rings is 3. The van der Waals surface area contributed by atoms with Crippen molar-refractivity contribution >= 4 is 40.7 Å². The van der Waals surface area contributed by atoms with Crippen molar-refractivity contribution in [1.82, 2.24) is 5.32 Å². The molecule has 1 heterocycles. The monoisotopic (exact) mass is 505 g/mol. The lowest BCUT2D eigenvalue weighted by Gasteiger charge is -2.17. The highest BCUT2D eigenvalue weighted by atomic mass is 35.5. The average Bonchev–Trinajstić information content (AvgIpc) is 3.26. The van der Waals surface area contributed by atoms with E-state index >= 15 is 0 Å². The number of hydrogen-bond acceptors (Lipinski definition) is 4. The number of carbonyl (C=O) groups is 3. The molecule has 0 unspecified atom stereocenters. The summed E-state index contributed by atoms with van der Waals surface area (Å²) in [6, 6.07) is 19.9. The minimum atomic E-state index is -0.421. The summed E-state index contributed by atoms with van der Waals surface area (Å²) in [5, 5.41) is 6.35. The molecule has 36 heavy (non-hydrogen) atoms. The van der Waals surface area contributed by atoms with Crippen LogP contribution >= 0.6 is 11.6 Å². The predicted octanol–water partition coefficient (Wildman–Crippen LogP) is 4.64. The van der Waals surface area contributed by atoms with Crippen LogP contribution in [0.2, 0.25) is 5.02 Å². The Hall–Kier alpha value is -3.84. The van der Waals surface area contributed by atoms with E-state index in [1.807, 2.05) is 44.2 Å². The number of anilines is 2. The molecule has 1 aliphatic rings. The van der Waals surface area contributed by atoms with Crippen LogP contribution in [0.25, 0.3) is 0 Å². The highest BCUT2D eigenvalue weighted by Gasteiger charge is 2.35. The molecular weight excluding hydrogens is 478 g/mol. The molecule has 8 heteroatoms. The quantitative estimate of drug-likeness (QED) is 0.466. The van der Waals surface area contributed by atoms with Gasteiger partial charge < -0.3 is 20.3 Å². The fourth-order valence-corrected chi connectivity index (χ4v) is 4.08. The van der Waals surface area contributed by atoms with Crippen molar-refractivity contribution in [3.05, 3.63) is 88.4 Å². The van der Waals surface area contributed by atoms with Crippen LogP contribution in [0.1, 0.15) is 23.1 Å². The smallest absolute Gasteiger partial charge is 0.262 e. The van der Waals surface area contributed by atoms with Gasteiger partial charge in [0.25, 0.3) is 5.91 Å². The Bertz CT molecular complexity index is 1260. The molecule has 2 N–H and O–H groups in total. The maximum absolute atomic E-state index is 12.6. The first-order chi connectivity index (χ1) is 17.3. The Kier molecular flexibility index (Phi) is 7.90. The van der Waals surface area contributed by atoms with Crippen LogP contribution in [0.3, 0.4) is 0 Å². The Balaban J connectivity index is 1.26. The summed E-state index contributed by atoms with van der Waals surface area (Å²) in [4.78, 5) is 39.0. The van der Waals surface area contributed by atoms with E-state index in [0.717, 1.165) is 22.4 Å². The first-order valence-corrected chi connectivity index (χ1v) is 12.1. The van der Waals surface area contributed by atoms with Gasteiger partial charge in [0, 0.05) is 35.9 Å². The van der Waals surface area contributed by atoms with Gasteiger partial charge in [0.1, 0.15) is 5.75 Å². The third-order valence-electron chi connectivity index (χ3n) is 6.18.